The summed E-state index contributed by atoms with van der Waals surface area (Å²) in [7, 11) is 1.66. The minimum atomic E-state index is -0.439. The summed E-state index contributed by atoms with van der Waals surface area (Å²) in [6.45, 7) is 6.74. The molecule has 0 bridgehead atoms. The predicted octanol–water partition coefficient (Wildman–Crippen LogP) is 1.60. The molecule has 0 radical (unpaired) electrons. The second-order valence-corrected chi connectivity index (χ2v) is 6.11. The summed E-state index contributed by atoms with van der Waals surface area (Å²) in [4.78, 5) is 12.3. The van der Waals surface area contributed by atoms with Gasteiger partial charge in [-0.25, -0.2) is 0 Å². The molecule has 4 heteroatoms. The molecule has 0 spiro atoms. The molecule has 0 aromatic heterocycles. The number of carbonyl (C=O) groups is 1. The smallest absolute Gasteiger partial charge is 0.226 e. The van der Waals surface area contributed by atoms with Gasteiger partial charge in [-0.05, 0) is 18.1 Å². The maximum absolute atomic E-state index is 12.3. The molecule has 0 aliphatic carbocycles. The van der Waals surface area contributed by atoms with Gasteiger partial charge in [-0.15, -0.1) is 0 Å². The zero-order valence-corrected chi connectivity index (χ0v) is 12.5. The first-order chi connectivity index (χ1) is 9.53. The molecule has 1 heterocycles. The summed E-state index contributed by atoms with van der Waals surface area (Å²) in [6, 6.07) is 7.87. The Balaban J connectivity index is 1.96. The van der Waals surface area contributed by atoms with Crippen molar-refractivity contribution in [2.75, 3.05) is 26.7 Å². The summed E-state index contributed by atoms with van der Waals surface area (Å²) < 4.78 is 5.36. The molecule has 2 N–H and O–H groups in total. The van der Waals surface area contributed by atoms with Crippen LogP contribution in [-0.2, 0) is 11.2 Å². The molecular weight excluding hydrogens is 252 g/mol. The fourth-order valence-electron chi connectivity index (χ4n) is 2.37. The SMILES string of the molecule is COc1ccccc1CC(C)(C)C(=O)NCC1CNC1. The average Bonchev–Trinajstić information content (AvgIpc) is 2.37. The van der Waals surface area contributed by atoms with Crippen molar-refractivity contribution in [2.45, 2.75) is 20.3 Å². The van der Waals surface area contributed by atoms with Gasteiger partial charge in [0.1, 0.15) is 5.75 Å². The zero-order chi connectivity index (χ0) is 14.6. The number of rotatable bonds is 6. The number of methoxy groups -OCH3 is 1. The Bertz CT molecular complexity index is 467. The molecule has 20 heavy (non-hydrogen) atoms. The fourth-order valence-corrected chi connectivity index (χ4v) is 2.37. The van der Waals surface area contributed by atoms with Gasteiger partial charge in [0.2, 0.25) is 5.91 Å². The Morgan fingerprint density at radius 1 is 1.40 bits per heavy atom. The highest BCUT2D eigenvalue weighted by Gasteiger charge is 2.29. The monoisotopic (exact) mass is 276 g/mol. The summed E-state index contributed by atoms with van der Waals surface area (Å²) >= 11 is 0. The molecule has 1 amide bonds. The summed E-state index contributed by atoms with van der Waals surface area (Å²) in [5.74, 6) is 1.54. The van der Waals surface area contributed by atoms with Crippen LogP contribution in [0.1, 0.15) is 19.4 Å². The maximum atomic E-state index is 12.3. The Kier molecular flexibility index (Phi) is 4.65. The van der Waals surface area contributed by atoms with E-state index in [1.165, 1.54) is 0 Å². The van der Waals surface area contributed by atoms with Crippen molar-refractivity contribution in [3.63, 3.8) is 0 Å². The van der Waals surface area contributed by atoms with Crippen LogP contribution in [0, 0.1) is 11.3 Å². The second-order valence-electron chi connectivity index (χ2n) is 6.11. The van der Waals surface area contributed by atoms with Gasteiger partial charge in [-0.1, -0.05) is 32.0 Å². The third-order valence-electron chi connectivity index (χ3n) is 3.86. The number of ether oxygens (including phenoxy) is 1. The first kappa shape index (κ1) is 14.9. The van der Waals surface area contributed by atoms with E-state index in [4.69, 9.17) is 4.74 Å². The van der Waals surface area contributed by atoms with Crippen LogP contribution in [0.2, 0.25) is 0 Å². The highest BCUT2D eigenvalue weighted by Crippen LogP contribution is 2.28. The molecule has 1 saturated heterocycles. The standard InChI is InChI=1S/C16H24N2O2/c1-16(2,15(19)18-11-12-9-17-10-12)8-13-6-4-5-7-14(13)20-3/h4-7,12,17H,8-11H2,1-3H3,(H,18,19). The van der Waals surface area contributed by atoms with Crippen LogP contribution in [-0.4, -0.2) is 32.7 Å². The first-order valence-corrected chi connectivity index (χ1v) is 7.14. The van der Waals surface area contributed by atoms with Crippen molar-refractivity contribution in [3.8, 4) is 5.75 Å². The molecule has 0 atom stereocenters. The third kappa shape index (κ3) is 3.51. The van der Waals surface area contributed by atoms with Crippen LogP contribution >= 0.6 is 0 Å². The Labute approximate surface area is 120 Å². The van der Waals surface area contributed by atoms with E-state index in [-0.39, 0.29) is 5.91 Å². The van der Waals surface area contributed by atoms with Crippen molar-refractivity contribution in [1.82, 2.24) is 10.6 Å². The largest absolute Gasteiger partial charge is 0.496 e. The van der Waals surface area contributed by atoms with Crippen LogP contribution in [0.5, 0.6) is 5.75 Å². The lowest BCUT2D eigenvalue weighted by molar-refractivity contribution is -0.129. The molecule has 1 aliphatic rings. The quantitative estimate of drug-likeness (QED) is 0.830. The Hall–Kier alpha value is -1.55. The lowest BCUT2D eigenvalue weighted by Gasteiger charge is -2.30. The topological polar surface area (TPSA) is 50.4 Å². The van der Waals surface area contributed by atoms with Gasteiger partial charge in [0.25, 0.3) is 0 Å². The van der Waals surface area contributed by atoms with E-state index in [9.17, 15) is 4.79 Å². The molecule has 110 valence electrons. The molecule has 1 fully saturated rings. The van der Waals surface area contributed by atoms with Gasteiger partial charge in [0.05, 0.1) is 7.11 Å². The molecule has 0 unspecified atom stereocenters. The molecule has 1 aromatic rings. The first-order valence-electron chi connectivity index (χ1n) is 7.14. The van der Waals surface area contributed by atoms with Crippen molar-refractivity contribution in [1.29, 1.82) is 0 Å². The fraction of sp³-hybridized carbons (Fsp3) is 0.562. The van der Waals surface area contributed by atoms with E-state index in [0.717, 1.165) is 30.9 Å². The second kappa shape index (κ2) is 6.27. The Morgan fingerprint density at radius 2 is 2.10 bits per heavy atom. The van der Waals surface area contributed by atoms with Crippen LogP contribution in [0.4, 0.5) is 0 Å². The summed E-state index contributed by atoms with van der Waals surface area (Å²) in [6.07, 6.45) is 0.672. The van der Waals surface area contributed by atoms with Crippen LogP contribution < -0.4 is 15.4 Å². The number of hydrogen-bond donors (Lipinski definition) is 2. The number of carbonyl (C=O) groups excluding carboxylic acids is 1. The van der Waals surface area contributed by atoms with Crippen LogP contribution in [0.25, 0.3) is 0 Å². The van der Waals surface area contributed by atoms with Gasteiger partial charge >= 0.3 is 0 Å². The van der Waals surface area contributed by atoms with E-state index in [1.54, 1.807) is 7.11 Å². The maximum Gasteiger partial charge on any atom is 0.226 e. The van der Waals surface area contributed by atoms with Crippen molar-refractivity contribution >= 4 is 5.91 Å². The number of benzene rings is 1. The van der Waals surface area contributed by atoms with Crippen LogP contribution in [0.15, 0.2) is 24.3 Å². The van der Waals surface area contributed by atoms with Crippen molar-refractivity contribution in [3.05, 3.63) is 29.8 Å². The van der Waals surface area contributed by atoms with Crippen molar-refractivity contribution in [2.24, 2.45) is 11.3 Å². The lowest BCUT2D eigenvalue weighted by Crippen LogP contribution is -2.50. The number of amides is 1. The molecule has 4 nitrogen and oxygen atoms in total. The molecule has 2 rings (SSSR count). The van der Waals surface area contributed by atoms with Gasteiger partial charge in [-0.2, -0.15) is 0 Å². The highest BCUT2D eigenvalue weighted by molar-refractivity contribution is 5.82. The minimum absolute atomic E-state index is 0.107. The number of para-hydroxylation sites is 1. The van der Waals surface area contributed by atoms with E-state index >= 15 is 0 Å². The molecular formula is C16H24N2O2. The average molecular weight is 276 g/mol. The zero-order valence-electron chi connectivity index (χ0n) is 12.5. The summed E-state index contributed by atoms with van der Waals surface area (Å²) in [5.41, 5.74) is 0.631. The number of hydrogen-bond acceptors (Lipinski definition) is 3. The predicted molar refractivity (Wildman–Crippen MR) is 79.8 cm³/mol. The molecule has 1 aromatic carbocycles. The number of nitrogens with one attached hydrogen (secondary N) is 2. The third-order valence-corrected chi connectivity index (χ3v) is 3.86. The minimum Gasteiger partial charge on any atom is -0.496 e. The van der Waals surface area contributed by atoms with E-state index in [1.807, 2.05) is 38.1 Å². The van der Waals surface area contributed by atoms with E-state index in [2.05, 4.69) is 10.6 Å². The van der Waals surface area contributed by atoms with Gasteiger partial charge in [0, 0.05) is 31.0 Å². The highest BCUT2D eigenvalue weighted by atomic mass is 16.5. The van der Waals surface area contributed by atoms with Gasteiger partial charge < -0.3 is 15.4 Å². The van der Waals surface area contributed by atoms with E-state index in [0.29, 0.717) is 12.3 Å². The van der Waals surface area contributed by atoms with Crippen LogP contribution in [0.3, 0.4) is 0 Å². The molecule has 1 aliphatic heterocycles. The Morgan fingerprint density at radius 3 is 2.70 bits per heavy atom. The molecule has 0 saturated carbocycles. The lowest BCUT2D eigenvalue weighted by atomic mass is 9.84. The summed E-state index contributed by atoms with van der Waals surface area (Å²) in [5, 5.41) is 6.27. The van der Waals surface area contributed by atoms with Gasteiger partial charge in [-0.3, -0.25) is 4.79 Å². The van der Waals surface area contributed by atoms with Crippen molar-refractivity contribution < 1.29 is 9.53 Å². The van der Waals surface area contributed by atoms with E-state index < -0.39 is 5.41 Å². The van der Waals surface area contributed by atoms with Gasteiger partial charge in [0.15, 0.2) is 0 Å². The normalized spacial score (nSPS) is 15.6.